The molecule has 3 rings (SSSR count). The fourth-order valence-electron chi connectivity index (χ4n) is 2.51. The molecule has 0 spiro atoms. The summed E-state index contributed by atoms with van der Waals surface area (Å²) in [4.78, 5) is 11.4. The van der Waals surface area contributed by atoms with Crippen LogP contribution in [0.25, 0.3) is 0 Å². The summed E-state index contributed by atoms with van der Waals surface area (Å²) in [6.45, 7) is 0.692. The topological polar surface area (TPSA) is 90.1 Å². The second kappa shape index (κ2) is 3.76. The van der Waals surface area contributed by atoms with E-state index in [1.807, 2.05) is 0 Å². The molecule has 0 amide bonds. The number of nitrogens with zero attached hydrogens (tertiary/aromatic N) is 4. The minimum absolute atomic E-state index is 0.151. The molecule has 1 N–H and O–H groups in total. The summed E-state index contributed by atoms with van der Waals surface area (Å²) in [5.74, 6) is -0.292. The molecule has 2 heterocycles. The van der Waals surface area contributed by atoms with Gasteiger partial charge in [-0.3, -0.25) is 0 Å². The van der Waals surface area contributed by atoms with Crippen molar-refractivity contribution in [3.8, 4) is 0 Å². The van der Waals surface area contributed by atoms with Crippen LogP contribution in [0.3, 0.4) is 0 Å². The maximum absolute atomic E-state index is 11.4. The molecule has 7 nitrogen and oxygen atoms in total. The van der Waals surface area contributed by atoms with Crippen LogP contribution < -0.4 is 0 Å². The number of carboxylic acids is 1. The first kappa shape index (κ1) is 10.6. The number of ether oxygens (including phenoxy) is 1. The molecule has 0 radical (unpaired) electrons. The van der Waals surface area contributed by atoms with Gasteiger partial charge in [0, 0.05) is 6.61 Å². The molecule has 1 unspecified atom stereocenters. The van der Waals surface area contributed by atoms with Crippen LogP contribution in [0.1, 0.15) is 44.0 Å². The third-order valence-corrected chi connectivity index (χ3v) is 3.70. The summed E-state index contributed by atoms with van der Waals surface area (Å²) in [6, 6.07) is 0. The van der Waals surface area contributed by atoms with Crippen molar-refractivity contribution in [2.45, 2.75) is 43.7 Å². The summed E-state index contributed by atoms with van der Waals surface area (Å²) < 4.78 is 6.99. The fourth-order valence-corrected chi connectivity index (χ4v) is 2.51. The summed E-state index contributed by atoms with van der Waals surface area (Å²) in [7, 11) is 0. The molecule has 2 aliphatic rings. The van der Waals surface area contributed by atoms with Gasteiger partial charge >= 0.3 is 5.97 Å². The zero-order chi connectivity index (χ0) is 11.9. The van der Waals surface area contributed by atoms with Crippen molar-refractivity contribution in [1.82, 2.24) is 20.2 Å². The molecule has 7 heteroatoms. The normalized spacial score (nSPS) is 26.7. The van der Waals surface area contributed by atoms with Gasteiger partial charge in [-0.1, -0.05) is 0 Å². The minimum atomic E-state index is -0.940. The molecular weight excluding hydrogens is 224 g/mol. The number of rotatable bonds is 3. The predicted molar refractivity (Wildman–Crippen MR) is 55.2 cm³/mol. The standard InChI is InChI=1S/C10H14N4O3/c15-9(16)10(4-2-5-10)14-8(11-12-13-14)7-3-1-6-17-7/h7H,1-6H2,(H,15,16). The second-order valence-electron chi connectivity index (χ2n) is 4.64. The molecule has 1 atom stereocenters. The van der Waals surface area contributed by atoms with E-state index in [-0.39, 0.29) is 6.10 Å². The van der Waals surface area contributed by atoms with E-state index >= 15 is 0 Å². The highest BCUT2D eigenvalue weighted by molar-refractivity contribution is 5.77. The summed E-state index contributed by atoms with van der Waals surface area (Å²) in [5, 5.41) is 20.8. The first-order chi connectivity index (χ1) is 8.24. The molecule has 1 aromatic rings. The minimum Gasteiger partial charge on any atom is -0.479 e. The number of carboxylic acid groups (broad SMARTS) is 1. The van der Waals surface area contributed by atoms with Crippen molar-refractivity contribution < 1.29 is 14.6 Å². The van der Waals surface area contributed by atoms with Crippen LogP contribution in [0, 0.1) is 0 Å². The molecule has 92 valence electrons. The number of aromatic nitrogens is 4. The van der Waals surface area contributed by atoms with Crippen molar-refractivity contribution >= 4 is 5.97 Å². The quantitative estimate of drug-likeness (QED) is 0.824. The highest BCUT2D eigenvalue weighted by atomic mass is 16.5. The summed E-state index contributed by atoms with van der Waals surface area (Å²) in [6.07, 6.45) is 3.76. The van der Waals surface area contributed by atoms with Gasteiger partial charge in [0.25, 0.3) is 0 Å². The van der Waals surface area contributed by atoms with Gasteiger partial charge in [0.15, 0.2) is 11.4 Å². The van der Waals surface area contributed by atoms with E-state index in [0.29, 0.717) is 25.3 Å². The lowest BCUT2D eigenvalue weighted by atomic mass is 9.76. The van der Waals surface area contributed by atoms with Gasteiger partial charge in [0.2, 0.25) is 0 Å². The van der Waals surface area contributed by atoms with Crippen molar-refractivity contribution in [1.29, 1.82) is 0 Å². The molecule has 1 aliphatic carbocycles. The predicted octanol–water partition coefficient (Wildman–Crippen LogP) is 0.488. The van der Waals surface area contributed by atoms with Crippen LogP contribution in [0.2, 0.25) is 0 Å². The van der Waals surface area contributed by atoms with E-state index in [1.165, 1.54) is 4.68 Å². The third-order valence-electron chi connectivity index (χ3n) is 3.70. The Labute approximate surface area is 97.8 Å². The van der Waals surface area contributed by atoms with Crippen molar-refractivity contribution in [2.75, 3.05) is 6.61 Å². The number of aliphatic carboxylic acids is 1. The lowest BCUT2D eigenvalue weighted by molar-refractivity contribution is -0.153. The molecule has 1 aromatic heterocycles. The Bertz CT molecular complexity index is 435. The molecule has 1 aliphatic heterocycles. The maximum Gasteiger partial charge on any atom is 0.331 e. The molecule has 17 heavy (non-hydrogen) atoms. The van der Waals surface area contributed by atoms with E-state index in [9.17, 15) is 9.90 Å². The number of carbonyl (C=O) groups is 1. The highest BCUT2D eigenvalue weighted by Gasteiger charge is 2.49. The van der Waals surface area contributed by atoms with Gasteiger partial charge in [-0.25, -0.2) is 9.48 Å². The summed E-state index contributed by atoms with van der Waals surface area (Å²) in [5.41, 5.74) is -0.940. The fraction of sp³-hybridized carbons (Fsp3) is 0.800. The molecule has 2 fully saturated rings. The number of hydrogen-bond acceptors (Lipinski definition) is 5. The van der Waals surface area contributed by atoms with Crippen molar-refractivity contribution in [2.24, 2.45) is 0 Å². The highest BCUT2D eigenvalue weighted by Crippen LogP contribution is 2.41. The maximum atomic E-state index is 11.4. The lowest BCUT2D eigenvalue weighted by Crippen LogP contribution is -2.49. The Morgan fingerprint density at radius 2 is 2.29 bits per heavy atom. The average Bonchev–Trinajstić information content (AvgIpc) is 2.82. The first-order valence-corrected chi connectivity index (χ1v) is 5.88. The van der Waals surface area contributed by atoms with Gasteiger partial charge in [-0.15, -0.1) is 5.10 Å². The molecular formula is C10H14N4O3. The third kappa shape index (κ3) is 1.45. The smallest absolute Gasteiger partial charge is 0.331 e. The lowest BCUT2D eigenvalue weighted by Gasteiger charge is -2.37. The average molecular weight is 238 g/mol. The van der Waals surface area contributed by atoms with E-state index < -0.39 is 11.5 Å². The Morgan fingerprint density at radius 3 is 2.82 bits per heavy atom. The Morgan fingerprint density at radius 1 is 1.47 bits per heavy atom. The molecule has 0 bridgehead atoms. The van der Waals surface area contributed by atoms with E-state index in [2.05, 4.69) is 15.5 Å². The van der Waals surface area contributed by atoms with Crippen molar-refractivity contribution in [3.05, 3.63) is 5.82 Å². The van der Waals surface area contributed by atoms with Crippen LogP contribution in [-0.4, -0.2) is 37.9 Å². The van der Waals surface area contributed by atoms with Gasteiger partial charge in [-0.2, -0.15) is 0 Å². The van der Waals surface area contributed by atoms with Crippen LogP contribution in [0.4, 0.5) is 0 Å². The Hall–Kier alpha value is -1.50. The van der Waals surface area contributed by atoms with E-state index in [1.54, 1.807) is 0 Å². The Kier molecular flexibility index (Phi) is 2.36. The van der Waals surface area contributed by atoms with Gasteiger partial charge in [0.05, 0.1) is 0 Å². The Balaban J connectivity index is 1.97. The zero-order valence-corrected chi connectivity index (χ0v) is 9.37. The van der Waals surface area contributed by atoms with Crippen LogP contribution in [-0.2, 0) is 15.1 Å². The van der Waals surface area contributed by atoms with Crippen LogP contribution >= 0.6 is 0 Å². The van der Waals surface area contributed by atoms with Crippen LogP contribution in [0.15, 0.2) is 0 Å². The van der Waals surface area contributed by atoms with Gasteiger partial charge in [0.1, 0.15) is 6.10 Å². The molecule has 1 saturated heterocycles. The molecule has 0 aromatic carbocycles. The number of hydrogen-bond donors (Lipinski definition) is 1. The summed E-state index contributed by atoms with van der Waals surface area (Å²) >= 11 is 0. The largest absolute Gasteiger partial charge is 0.479 e. The first-order valence-electron chi connectivity index (χ1n) is 5.88. The zero-order valence-electron chi connectivity index (χ0n) is 9.37. The van der Waals surface area contributed by atoms with Gasteiger partial charge in [-0.05, 0) is 42.5 Å². The van der Waals surface area contributed by atoms with Crippen LogP contribution in [0.5, 0.6) is 0 Å². The van der Waals surface area contributed by atoms with Crippen molar-refractivity contribution in [3.63, 3.8) is 0 Å². The van der Waals surface area contributed by atoms with E-state index in [0.717, 1.165) is 19.3 Å². The monoisotopic (exact) mass is 238 g/mol. The second-order valence-corrected chi connectivity index (χ2v) is 4.64. The number of tetrazole rings is 1. The SMILES string of the molecule is O=C(O)C1(n2nnnc2C2CCCO2)CCC1. The van der Waals surface area contributed by atoms with Gasteiger partial charge < -0.3 is 9.84 Å². The van der Waals surface area contributed by atoms with E-state index in [4.69, 9.17) is 4.74 Å². The molecule has 1 saturated carbocycles.